The highest BCUT2D eigenvalue weighted by Gasteiger charge is 2.09. The molecule has 1 aliphatic carbocycles. The Morgan fingerprint density at radius 2 is 1.93 bits per heavy atom. The second-order valence-corrected chi connectivity index (χ2v) is 4.37. The van der Waals surface area contributed by atoms with Crippen molar-refractivity contribution < 1.29 is 0 Å². The Hall–Kier alpha value is -1.08. The van der Waals surface area contributed by atoms with E-state index in [4.69, 9.17) is 5.73 Å². The molecule has 0 fully saturated rings. The van der Waals surface area contributed by atoms with Crippen molar-refractivity contribution in [1.29, 1.82) is 0 Å². The monoisotopic (exact) mass is 201 g/mol. The highest BCUT2D eigenvalue weighted by Crippen LogP contribution is 2.21. The lowest BCUT2D eigenvalue weighted by Gasteiger charge is -2.17. The molecule has 1 atom stereocenters. The van der Waals surface area contributed by atoms with Crippen LogP contribution in [-0.2, 0) is 6.42 Å². The van der Waals surface area contributed by atoms with E-state index in [-0.39, 0.29) is 0 Å². The van der Waals surface area contributed by atoms with Crippen LogP contribution in [0.15, 0.2) is 42.0 Å². The number of allylic oxidation sites excluding steroid dienone is 1. The lowest BCUT2D eigenvalue weighted by atomic mass is 9.92. The molecule has 0 heterocycles. The van der Waals surface area contributed by atoms with Crippen LogP contribution in [0.25, 0.3) is 0 Å². The SMILES string of the molecule is NC1C=C(CCc2ccccc2)CCC1. The van der Waals surface area contributed by atoms with E-state index >= 15 is 0 Å². The molecule has 0 saturated carbocycles. The predicted molar refractivity (Wildman–Crippen MR) is 64.7 cm³/mol. The van der Waals surface area contributed by atoms with E-state index in [1.54, 1.807) is 5.57 Å². The molecular weight excluding hydrogens is 182 g/mol. The summed E-state index contributed by atoms with van der Waals surface area (Å²) < 4.78 is 0. The zero-order chi connectivity index (χ0) is 10.5. The summed E-state index contributed by atoms with van der Waals surface area (Å²) in [5.74, 6) is 0. The van der Waals surface area contributed by atoms with E-state index in [1.165, 1.54) is 24.8 Å². The van der Waals surface area contributed by atoms with Gasteiger partial charge in [0.15, 0.2) is 0 Å². The quantitative estimate of drug-likeness (QED) is 0.747. The van der Waals surface area contributed by atoms with Gasteiger partial charge in [-0.2, -0.15) is 0 Å². The van der Waals surface area contributed by atoms with Crippen molar-refractivity contribution in [3.63, 3.8) is 0 Å². The first-order valence-electron chi connectivity index (χ1n) is 5.83. The van der Waals surface area contributed by atoms with E-state index in [0.29, 0.717) is 6.04 Å². The Morgan fingerprint density at radius 1 is 1.13 bits per heavy atom. The largest absolute Gasteiger partial charge is 0.324 e. The van der Waals surface area contributed by atoms with E-state index in [2.05, 4.69) is 36.4 Å². The normalized spacial score (nSPS) is 21.1. The van der Waals surface area contributed by atoms with Gasteiger partial charge in [-0.3, -0.25) is 0 Å². The van der Waals surface area contributed by atoms with Crippen LogP contribution in [0.2, 0.25) is 0 Å². The number of benzene rings is 1. The molecule has 80 valence electrons. The Morgan fingerprint density at radius 3 is 2.67 bits per heavy atom. The average molecular weight is 201 g/mol. The molecule has 0 aliphatic heterocycles. The van der Waals surface area contributed by atoms with Crippen molar-refractivity contribution in [2.24, 2.45) is 5.73 Å². The molecule has 1 nitrogen and oxygen atoms in total. The molecule has 0 saturated heterocycles. The standard InChI is InChI=1S/C14H19N/c15-14-8-4-7-13(11-14)10-9-12-5-2-1-3-6-12/h1-3,5-6,11,14H,4,7-10,15H2. The van der Waals surface area contributed by atoms with E-state index in [1.807, 2.05) is 0 Å². The summed E-state index contributed by atoms with van der Waals surface area (Å²) in [6.45, 7) is 0. The van der Waals surface area contributed by atoms with Crippen molar-refractivity contribution >= 4 is 0 Å². The molecule has 0 amide bonds. The van der Waals surface area contributed by atoms with Gasteiger partial charge in [0, 0.05) is 6.04 Å². The van der Waals surface area contributed by atoms with Gasteiger partial charge >= 0.3 is 0 Å². The van der Waals surface area contributed by atoms with Crippen molar-refractivity contribution in [1.82, 2.24) is 0 Å². The van der Waals surface area contributed by atoms with Crippen molar-refractivity contribution in [3.8, 4) is 0 Å². The van der Waals surface area contributed by atoms with Crippen LogP contribution in [0.5, 0.6) is 0 Å². The molecule has 15 heavy (non-hydrogen) atoms. The summed E-state index contributed by atoms with van der Waals surface area (Å²) in [4.78, 5) is 0. The predicted octanol–water partition coefficient (Wildman–Crippen LogP) is 3.06. The van der Waals surface area contributed by atoms with E-state index in [0.717, 1.165) is 12.8 Å². The number of hydrogen-bond donors (Lipinski definition) is 1. The van der Waals surface area contributed by atoms with Crippen LogP contribution in [0.3, 0.4) is 0 Å². The fourth-order valence-electron chi connectivity index (χ4n) is 2.19. The maximum Gasteiger partial charge on any atom is 0.0226 e. The molecule has 2 rings (SSSR count). The topological polar surface area (TPSA) is 26.0 Å². The molecule has 1 aromatic carbocycles. The Kier molecular flexibility index (Phi) is 3.57. The first kappa shape index (κ1) is 10.4. The van der Waals surface area contributed by atoms with Gasteiger partial charge in [0.1, 0.15) is 0 Å². The molecule has 2 N–H and O–H groups in total. The molecule has 1 aromatic rings. The average Bonchev–Trinajstić information content (AvgIpc) is 2.28. The molecule has 1 unspecified atom stereocenters. The Balaban J connectivity index is 1.88. The molecule has 0 aromatic heterocycles. The van der Waals surface area contributed by atoms with Crippen molar-refractivity contribution in [3.05, 3.63) is 47.5 Å². The Bertz CT molecular complexity index is 326. The zero-order valence-corrected chi connectivity index (χ0v) is 9.15. The summed E-state index contributed by atoms with van der Waals surface area (Å²) in [6.07, 6.45) is 8.28. The first-order valence-corrected chi connectivity index (χ1v) is 5.83. The fourth-order valence-corrected chi connectivity index (χ4v) is 2.19. The summed E-state index contributed by atoms with van der Waals surface area (Å²) in [6, 6.07) is 11.0. The molecule has 1 heteroatoms. The molecule has 0 spiro atoms. The highest BCUT2D eigenvalue weighted by molar-refractivity contribution is 5.18. The number of nitrogens with two attached hydrogens (primary N) is 1. The van der Waals surface area contributed by atoms with Gasteiger partial charge < -0.3 is 5.73 Å². The maximum absolute atomic E-state index is 5.92. The van der Waals surface area contributed by atoms with Gasteiger partial charge in [-0.25, -0.2) is 0 Å². The molecule has 0 radical (unpaired) electrons. The van der Waals surface area contributed by atoms with E-state index in [9.17, 15) is 0 Å². The van der Waals surface area contributed by atoms with Crippen LogP contribution in [0, 0.1) is 0 Å². The summed E-state index contributed by atoms with van der Waals surface area (Å²) in [5, 5.41) is 0. The van der Waals surface area contributed by atoms with E-state index < -0.39 is 0 Å². The lowest BCUT2D eigenvalue weighted by Crippen LogP contribution is -2.20. The summed E-state index contributed by atoms with van der Waals surface area (Å²) >= 11 is 0. The summed E-state index contributed by atoms with van der Waals surface area (Å²) in [7, 11) is 0. The van der Waals surface area contributed by atoms with Gasteiger partial charge in [0.25, 0.3) is 0 Å². The van der Waals surface area contributed by atoms with Crippen LogP contribution in [0.1, 0.15) is 31.2 Å². The highest BCUT2D eigenvalue weighted by atomic mass is 14.6. The number of aryl methyl sites for hydroxylation is 1. The first-order chi connectivity index (χ1) is 7.34. The minimum Gasteiger partial charge on any atom is -0.324 e. The second kappa shape index (κ2) is 5.13. The zero-order valence-electron chi connectivity index (χ0n) is 9.15. The second-order valence-electron chi connectivity index (χ2n) is 4.37. The van der Waals surface area contributed by atoms with Gasteiger partial charge in [0.05, 0.1) is 0 Å². The van der Waals surface area contributed by atoms with Gasteiger partial charge in [0.2, 0.25) is 0 Å². The minimum atomic E-state index is 0.310. The third kappa shape index (κ3) is 3.21. The maximum atomic E-state index is 5.92. The minimum absolute atomic E-state index is 0.310. The fraction of sp³-hybridized carbons (Fsp3) is 0.429. The van der Waals surface area contributed by atoms with Gasteiger partial charge in [-0.15, -0.1) is 0 Å². The molecular formula is C14H19N. The van der Waals surface area contributed by atoms with Crippen LogP contribution in [-0.4, -0.2) is 6.04 Å². The third-order valence-electron chi connectivity index (χ3n) is 3.06. The third-order valence-corrected chi connectivity index (χ3v) is 3.06. The van der Waals surface area contributed by atoms with Crippen molar-refractivity contribution in [2.75, 3.05) is 0 Å². The van der Waals surface area contributed by atoms with Gasteiger partial charge in [-0.05, 0) is 37.7 Å². The van der Waals surface area contributed by atoms with Gasteiger partial charge in [-0.1, -0.05) is 42.0 Å². The number of rotatable bonds is 3. The lowest BCUT2D eigenvalue weighted by molar-refractivity contribution is 0.609. The smallest absolute Gasteiger partial charge is 0.0226 e. The van der Waals surface area contributed by atoms with Crippen LogP contribution in [0.4, 0.5) is 0 Å². The molecule has 0 bridgehead atoms. The Labute approximate surface area is 92.0 Å². The van der Waals surface area contributed by atoms with Crippen LogP contribution >= 0.6 is 0 Å². The molecule has 1 aliphatic rings. The summed E-state index contributed by atoms with van der Waals surface area (Å²) in [5.41, 5.74) is 8.90. The van der Waals surface area contributed by atoms with Crippen LogP contribution < -0.4 is 5.73 Å². The number of hydrogen-bond acceptors (Lipinski definition) is 1. The van der Waals surface area contributed by atoms with Crippen molar-refractivity contribution in [2.45, 2.75) is 38.1 Å².